The van der Waals surface area contributed by atoms with Gasteiger partial charge in [0.25, 0.3) is 11.8 Å². The standard InChI is InChI=1S/C21H24N2O4/c24-19-10-11-20(25)23(19)17-8-6-15(7-9-17)21(26)27-14-16-4-3-13-22-12-2-1-5-18(16)22/h6-11,16,18H,1-5,12-14H2. The quantitative estimate of drug-likeness (QED) is 0.604. The molecule has 0 aromatic heterocycles. The van der Waals surface area contributed by atoms with Crippen molar-refractivity contribution in [3.05, 3.63) is 42.0 Å². The molecule has 1 aromatic carbocycles. The van der Waals surface area contributed by atoms with Crippen LogP contribution in [-0.4, -0.2) is 48.4 Å². The summed E-state index contributed by atoms with van der Waals surface area (Å²) in [7, 11) is 0. The van der Waals surface area contributed by atoms with Crippen molar-refractivity contribution in [2.45, 2.75) is 38.1 Å². The fourth-order valence-electron chi connectivity index (χ4n) is 4.44. The van der Waals surface area contributed by atoms with Gasteiger partial charge in [-0.05, 0) is 63.0 Å². The van der Waals surface area contributed by atoms with Crippen molar-refractivity contribution in [2.75, 3.05) is 24.6 Å². The minimum absolute atomic E-state index is 0.355. The van der Waals surface area contributed by atoms with Crippen molar-refractivity contribution in [1.82, 2.24) is 4.90 Å². The molecule has 142 valence electrons. The second-order valence-electron chi connectivity index (χ2n) is 7.49. The van der Waals surface area contributed by atoms with Crippen molar-refractivity contribution in [3.8, 4) is 0 Å². The first-order valence-corrected chi connectivity index (χ1v) is 9.71. The normalized spacial score (nSPS) is 25.6. The van der Waals surface area contributed by atoms with Crippen LogP contribution in [0.15, 0.2) is 36.4 Å². The molecule has 0 saturated carbocycles. The van der Waals surface area contributed by atoms with Crippen molar-refractivity contribution < 1.29 is 19.1 Å². The van der Waals surface area contributed by atoms with Crippen LogP contribution in [0.4, 0.5) is 5.69 Å². The van der Waals surface area contributed by atoms with Crippen molar-refractivity contribution in [2.24, 2.45) is 5.92 Å². The van der Waals surface area contributed by atoms with Gasteiger partial charge in [-0.1, -0.05) is 6.42 Å². The van der Waals surface area contributed by atoms with Crippen LogP contribution in [-0.2, 0) is 14.3 Å². The van der Waals surface area contributed by atoms with Crippen LogP contribution in [0.2, 0.25) is 0 Å². The number of hydrogen-bond acceptors (Lipinski definition) is 5. The van der Waals surface area contributed by atoms with E-state index in [0.717, 1.165) is 11.3 Å². The van der Waals surface area contributed by atoms with Crippen molar-refractivity contribution >= 4 is 23.5 Å². The second kappa shape index (κ2) is 7.64. The summed E-state index contributed by atoms with van der Waals surface area (Å²) in [4.78, 5) is 39.5. The molecule has 0 bridgehead atoms. The third-order valence-corrected chi connectivity index (χ3v) is 5.83. The number of hydrogen-bond donors (Lipinski definition) is 0. The third kappa shape index (κ3) is 3.67. The highest BCUT2D eigenvalue weighted by Crippen LogP contribution is 2.31. The van der Waals surface area contributed by atoms with E-state index < -0.39 is 0 Å². The largest absolute Gasteiger partial charge is 0.462 e. The van der Waals surface area contributed by atoms with E-state index in [-0.39, 0.29) is 17.8 Å². The highest BCUT2D eigenvalue weighted by atomic mass is 16.5. The molecule has 3 aliphatic rings. The zero-order valence-electron chi connectivity index (χ0n) is 15.3. The predicted octanol–water partition coefficient (Wildman–Crippen LogP) is 2.54. The number of nitrogens with zero attached hydrogens (tertiary/aromatic N) is 2. The molecule has 2 fully saturated rings. The molecular weight excluding hydrogens is 344 g/mol. The third-order valence-electron chi connectivity index (χ3n) is 5.83. The van der Waals surface area contributed by atoms with Crippen LogP contribution < -0.4 is 4.90 Å². The Hall–Kier alpha value is -2.47. The molecule has 3 heterocycles. The van der Waals surface area contributed by atoms with Gasteiger partial charge < -0.3 is 4.74 Å². The molecule has 1 aromatic rings. The van der Waals surface area contributed by atoms with Crippen LogP contribution in [0.25, 0.3) is 0 Å². The molecule has 0 N–H and O–H groups in total. The summed E-state index contributed by atoms with van der Waals surface area (Å²) in [5, 5.41) is 0. The summed E-state index contributed by atoms with van der Waals surface area (Å²) in [6.07, 6.45) is 8.48. The highest BCUT2D eigenvalue weighted by molar-refractivity contribution is 6.28. The second-order valence-corrected chi connectivity index (χ2v) is 7.49. The van der Waals surface area contributed by atoms with Gasteiger partial charge in [0, 0.05) is 24.1 Å². The van der Waals surface area contributed by atoms with Crippen LogP contribution in [0.5, 0.6) is 0 Å². The molecular formula is C21H24N2O4. The fraction of sp³-hybridized carbons (Fsp3) is 0.476. The Bertz CT molecular complexity index is 751. The number of piperidine rings is 2. The number of benzene rings is 1. The Labute approximate surface area is 158 Å². The van der Waals surface area contributed by atoms with E-state index in [1.807, 2.05) is 0 Å². The monoisotopic (exact) mass is 368 g/mol. The molecule has 2 atom stereocenters. The molecule has 0 radical (unpaired) electrons. The molecule has 4 rings (SSSR count). The van der Waals surface area contributed by atoms with E-state index in [1.165, 1.54) is 50.9 Å². The maximum atomic E-state index is 12.4. The van der Waals surface area contributed by atoms with E-state index >= 15 is 0 Å². The lowest BCUT2D eigenvalue weighted by Gasteiger charge is -2.44. The van der Waals surface area contributed by atoms with E-state index in [2.05, 4.69) is 4.90 Å². The van der Waals surface area contributed by atoms with Gasteiger partial charge in [0.05, 0.1) is 17.9 Å². The van der Waals surface area contributed by atoms with Crippen molar-refractivity contribution in [3.63, 3.8) is 0 Å². The topological polar surface area (TPSA) is 66.9 Å². The number of imide groups is 1. The van der Waals surface area contributed by atoms with Gasteiger partial charge in [-0.15, -0.1) is 0 Å². The molecule has 6 heteroatoms. The van der Waals surface area contributed by atoms with Gasteiger partial charge in [-0.2, -0.15) is 0 Å². The maximum absolute atomic E-state index is 12.4. The number of fused-ring (bicyclic) bond motifs is 1. The number of amides is 2. The molecule has 27 heavy (non-hydrogen) atoms. The number of anilines is 1. The molecule has 2 amide bonds. The first-order valence-electron chi connectivity index (χ1n) is 9.71. The Morgan fingerprint density at radius 3 is 2.41 bits per heavy atom. The maximum Gasteiger partial charge on any atom is 0.338 e. The number of ether oxygens (including phenoxy) is 1. The molecule has 3 aliphatic heterocycles. The first kappa shape index (κ1) is 17.9. The van der Waals surface area contributed by atoms with E-state index in [9.17, 15) is 14.4 Å². The first-order chi connectivity index (χ1) is 13.1. The number of rotatable bonds is 4. The Morgan fingerprint density at radius 2 is 1.67 bits per heavy atom. The molecule has 6 nitrogen and oxygen atoms in total. The van der Waals surface area contributed by atoms with E-state index in [0.29, 0.717) is 29.8 Å². The molecule has 0 aliphatic carbocycles. The van der Waals surface area contributed by atoms with Gasteiger partial charge in [-0.25, -0.2) is 9.69 Å². The minimum Gasteiger partial charge on any atom is -0.462 e. The zero-order valence-corrected chi connectivity index (χ0v) is 15.3. The molecule has 2 unspecified atom stereocenters. The Morgan fingerprint density at radius 1 is 0.963 bits per heavy atom. The molecule has 0 spiro atoms. The zero-order chi connectivity index (χ0) is 18.8. The summed E-state index contributed by atoms with van der Waals surface area (Å²) in [5.41, 5.74) is 0.888. The van der Waals surface area contributed by atoms with Gasteiger partial charge >= 0.3 is 5.97 Å². The number of carbonyl (C=O) groups excluding carboxylic acids is 3. The summed E-state index contributed by atoms with van der Waals surface area (Å²) < 4.78 is 5.60. The van der Waals surface area contributed by atoms with Gasteiger partial charge in [0.1, 0.15) is 0 Å². The lowest BCUT2D eigenvalue weighted by Crippen LogP contribution is -2.49. The van der Waals surface area contributed by atoms with E-state index in [4.69, 9.17) is 4.74 Å². The fourth-order valence-corrected chi connectivity index (χ4v) is 4.44. The summed E-state index contributed by atoms with van der Waals surface area (Å²) >= 11 is 0. The number of carbonyl (C=O) groups is 3. The van der Waals surface area contributed by atoms with Gasteiger partial charge in [0.15, 0.2) is 0 Å². The van der Waals surface area contributed by atoms with Gasteiger partial charge in [0.2, 0.25) is 0 Å². The van der Waals surface area contributed by atoms with Gasteiger partial charge in [-0.3, -0.25) is 14.5 Å². The summed E-state index contributed by atoms with van der Waals surface area (Å²) in [6, 6.07) is 6.95. The average Bonchev–Trinajstić information content (AvgIpc) is 3.04. The number of esters is 1. The van der Waals surface area contributed by atoms with Crippen molar-refractivity contribution in [1.29, 1.82) is 0 Å². The molecule has 2 saturated heterocycles. The highest BCUT2D eigenvalue weighted by Gasteiger charge is 2.33. The lowest BCUT2D eigenvalue weighted by atomic mass is 9.84. The van der Waals surface area contributed by atoms with Crippen LogP contribution in [0, 0.1) is 5.92 Å². The lowest BCUT2D eigenvalue weighted by molar-refractivity contribution is -0.119. The van der Waals surface area contributed by atoms with Crippen LogP contribution in [0.3, 0.4) is 0 Å². The Kier molecular flexibility index (Phi) is 5.07. The SMILES string of the molecule is O=C(OCC1CCCN2CCCCC12)c1ccc(N2C(=O)C=CC2=O)cc1. The average molecular weight is 368 g/mol. The van der Waals surface area contributed by atoms with Crippen LogP contribution in [0.1, 0.15) is 42.5 Å². The minimum atomic E-state index is -0.371. The van der Waals surface area contributed by atoms with E-state index in [1.54, 1.807) is 24.3 Å². The van der Waals surface area contributed by atoms with Crippen LogP contribution >= 0.6 is 0 Å². The Balaban J connectivity index is 1.36. The predicted molar refractivity (Wildman–Crippen MR) is 100 cm³/mol. The summed E-state index contributed by atoms with van der Waals surface area (Å²) in [6.45, 7) is 2.79. The smallest absolute Gasteiger partial charge is 0.338 e. The summed E-state index contributed by atoms with van der Waals surface area (Å²) in [5.74, 6) is -0.686.